The Morgan fingerprint density at radius 3 is 1.28 bits per heavy atom. The summed E-state index contributed by atoms with van der Waals surface area (Å²) < 4.78 is 0. The van der Waals surface area contributed by atoms with E-state index in [1.165, 1.54) is 68.7 Å². The molecule has 0 aliphatic carbocycles. The van der Waals surface area contributed by atoms with E-state index in [-0.39, 0.29) is 69.2 Å². The molecule has 0 saturated carbocycles. The molecule has 728 valence electrons. The first-order valence-electron chi connectivity index (χ1n) is 43.0. The van der Waals surface area contributed by atoms with Crippen molar-refractivity contribution in [2.24, 2.45) is 35.1 Å². The van der Waals surface area contributed by atoms with Crippen LogP contribution in [0.3, 0.4) is 0 Å². The van der Waals surface area contributed by atoms with Gasteiger partial charge in [-0.2, -0.15) is 0 Å². The lowest BCUT2D eigenvalue weighted by Gasteiger charge is -2.32. The molecule has 48 nitrogen and oxygen atoms in total. The summed E-state index contributed by atoms with van der Waals surface area (Å²) in [5.74, 6) is -22.5. The van der Waals surface area contributed by atoms with E-state index in [1.807, 2.05) is 5.32 Å². The first-order valence-corrected chi connectivity index (χ1v) is 43.0. The van der Waals surface area contributed by atoms with Gasteiger partial charge in [0, 0.05) is 19.5 Å². The Balaban J connectivity index is 1.66. The third kappa shape index (κ3) is 36.3. The third-order valence-corrected chi connectivity index (χ3v) is 21.2. The smallest absolute Gasteiger partial charge is 0.328 e. The number of nitrogens with zero attached hydrogens (tertiary/aromatic N) is 2. The monoisotopic (exact) mass is 1840 g/mol. The van der Waals surface area contributed by atoms with E-state index in [1.54, 1.807) is 55.4 Å². The Morgan fingerprint density at radius 2 is 0.800 bits per heavy atom. The molecule has 2 aliphatic heterocycles. The van der Waals surface area contributed by atoms with Crippen molar-refractivity contribution in [3.63, 3.8) is 0 Å². The number of hydrogen-bond acceptors (Lipinski definition) is 27. The van der Waals surface area contributed by atoms with Crippen molar-refractivity contribution in [3.8, 4) is 5.75 Å². The highest BCUT2D eigenvalue weighted by Gasteiger charge is 2.44. The summed E-state index contributed by atoms with van der Waals surface area (Å²) in [4.78, 5) is 285. The number of phenolic OH excluding ortho intramolecular Hbond substituents is 1. The van der Waals surface area contributed by atoms with Crippen molar-refractivity contribution in [1.82, 2.24) is 100 Å². The van der Waals surface area contributed by atoms with Gasteiger partial charge < -0.3 is 142 Å². The van der Waals surface area contributed by atoms with E-state index in [4.69, 9.17) is 11.5 Å². The second kappa shape index (κ2) is 53.6. The highest BCUT2D eigenvalue weighted by atomic mass is 16.4. The standard InChI is InChI=1S/C82H133N21O27/c1-17-39(8)62(78(125)95-51(29-37(4)5)72(119)88-42(11)68(115)96-54(35-104)75(122)101-65(47(16)107)82(129)130)99-70(117)43(12)89-73(120)52(30-48-22-24-49(108)25-23-48)93-74(121)53(31-57(84)109)92-58(110)32-85-67(114)41(10)90-79(126)63(45(14)105)97-59(111)33-86-71(118)50(28-36(2)3)94-76(123)56-21-19-27-103(56)81(128)61(38(6)7)98-69(116)44(13)91-80(127)64(46(15)106)100-77(124)55-20-18-26-102(55)60(112)34-87-66(113)40(9)83/h22-25,36-47,50-56,61-65,104-108H,17-21,26-35,83H2,1-16H3,(H2,84,109)(H,85,114)(H,86,118)(H,87,113)(H,88,119)(H,89,120)(H,90,126)(H,91,127)(H,92,110)(H,93,121)(H,94,123)(H,95,125)(H,96,115)(H,97,111)(H,98,116)(H,99,117)(H,100,124)(H,101,122)(H,129,130)/t39-,40-,41-,42-,43-,44-,45+,46+,47+,50-,51-,52-,53-,54-,55-,56-,61-,62-,63-,64-,65-/m0/s1. The molecule has 2 fully saturated rings. The molecule has 3 rings (SSSR count). The molecule has 130 heavy (non-hydrogen) atoms. The molecule has 1 aromatic carbocycles. The molecule has 27 N–H and O–H groups in total. The predicted octanol–water partition coefficient (Wildman–Crippen LogP) is -9.63. The Morgan fingerprint density at radius 1 is 0.408 bits per heavy atom. The molecule has 1 aromatic rings. The number of phenols is 1. The number of nitrogens with one attached hydrogen (secondary N) is 17. The topological polar surface area (TPSA) is 743 Å². The number of carboxylic acid groups (broad SMARTS) is 1. The third-order valence-electron chi connectivity index (χ3n) is 21.2. The Hall–Kier alpha value is -12.3. The van der Waals surface area contributed by atoms with Gasteiger partial charge >= 0.3 is 5.97 Å². The normalized spacial score (nSPS) is 18.0. The Kier molecular flexibility index (Phi) is 46.1. The average Bonchev–Trinajstić information content (AvgIpc) is 1.63. The summed E-state index contributed by atoms with van der Waals surface area (Å²) >= 11 is 0. The maximum absolute atomic E-state index is 14.4. The van der Waals surface area contributed by atoms with Gasteiger partial charge in [-0.05, 0) is 135 Å². The number of likely N-dealkylation sites (tertiary alicyclic amines) is 2. The van der Waals surface area contributed by atoms with Crippen LogP contribution in [0.1, 0.15) is 168 Å². The number of aliphatic hydroxyl groups is 4. The SMILES string of the molecule is CC[C@H](C)[C@H](NC(=O)[C@H](C)NC(=O)[C@H](Cc1ccc(O)cc1)NC(=O)[C@H](CC(N)=O)NC(=O)CNC(=O)[C@H](C)NC(=O)[C@@H](NC(=O)CNC(=O)[C@H](CC(C)C)NC(=O)[C@@H]1CCCN1C(=O)[C@@H](NC(=O)[C@H](C)NC(=O)[C@@H](NC(=O)[C@@H]1CCCN1C(=O)CNC(=O)[C@H](C)N)[C@@H](C)O)C(C)C)[C@@H](C)O)C(=O)N[C@@H](CC(C)C)C(=O)N[C@@H](C)C(=O)N[C@@H](CO)C(=O)N[C@H](C(=O)O)[C@@H](C)O. The van der Waals surface area contributed by atoms with Crippen LogP contribution in [0.4, 0.5) is 0 Å². The van der Waals surface area contributed by atoms with Gasteiger partial charge in [0.2, 0.25) is 118 Å². The van der Waals surface area contributed by atoms with Crippen LogP contribution in [0.2, 0.25) is 0 Å². The van der Waals surface area contributed by atoms with E-state index in [2.05, 4.69) is 85.1 Å². The van der Waals surface area contributed by atoms with Crippen molar-refractivity contribution in [2.75, 3.05) is 39.3 Å². The second-order valence-electron chi connectivity index (χ2n) is 33.8. The van der Waals surface area contributed by atoms with Crippen LogP contribution in [-0.4, -0.2) is 325 Å². The van der Waals surface area contributed by atoms with E-state index < -0.39 is 290 Å². The minimum Gasteiger partial charge on any atom is -0.508 e. The number of primary amides is 1. The first kappa shape index (κ1) is 112. The molecule has 20 amide bonds. The van der Waals surface area contributed by atoms with Crippen LogP contribution in [0.5, 0.6) is 5.75 Å². The minimum absolute atomic E-state index is 0.000320. The largest absolute Gasteiger partial charge is 0.508 e. The molecule has 0 spiro atoms. The molecule has 2 heterocycles. The maximum Gasteiger partial charge on any atom is 0.328 e. The number of rotatable bonds is 52. The Labute approximate surface area is 752 Å². The van der Waals surface area contributed by atoms with E-state index in [0.717, 1.165) is 20.8 Å². The minimum atomic E-state index is -1.86. The highest BCUT2D eigenvalue weighted by Crippen LogP contribution is 2.23. The summed E-state index contributed by atoms with van der Waals surface area (Å²) in [6.07, 6.45) is -4.73. The number of carboxylic acids is 1. The molecule has 2 saturated heterocycles. The number of benzene rings is 1. The van der Waals surface area contributed by atoms with Crippen LogP contribution in [-0.2, 0) is 107 Å². The summed E-state index contributed by atoms with van der Waals surface area (Å²) in [6.45, 7) is 20.1. The molecular weight excluding hydrogens is 1710 g/mol. The van der Waals surface area contributed by atoms with Crippen LogP contribution >= 0.6 is 0 Å². The molecule has 0 unspecified atom stereocenters. The van der Waals surface area contributed by atoms with Gasteiger partial charge in [-0.25, -0.2) is 4.79 Å². The van der Waals surface area contributed by atoms with Crippen molar-refractivity contribution in [2.45, 2.75) is 290 Å². The van der Waals surface area contributed by atoms with Crippen molar-refractivity contribution >= 4 is 124 Å². The van der Waals surface area contributed by atoms with E-state index in [0.29, 0.717) is 18.4 Å². The van der Waals surface area contributed by atoms with Crippen LogP contribution < -0.4 is 102 Å². The summed E-state index contributed by atoms with van der Waals surface area (Å²) in [7, 11) is 0. The van der Waals surface area contributed by atoms with Gasteiger partial charge in [-0.3, -0.25) is 95.9 Å². The second-order valence-corrected chi connectivity index (χ2v) is 33.8. The van der Waals surface area contributed by atoms with Gasteiger partial charge in [0.25, 0.3) is 0 Å². The van der Waals surface area contributed by atoms with Crippen LogP contribution in [0.25, 0.3) is 0 Å². The highest BCUT2D eigenvalue weighted by molar-refractivity contribution is 6.02. The number of aromatic hydroxyl groups is 1. The maximum atomic E-state index is 14.4. The van der Waals surface area contributed by atoms with Crippen LogP contribution in [0, 0.1) is 23.7 Å². The quantitative estimate of drug-likeness (QED) is 0.0288. The number of amides is 20. The van der Waals surface area contributed by atoms with Gasteiger partial charge in [0.15, 0.2) is 6.04 Å². The van der Waals surface area contributed by atoms with Gasteiger partial charge in [0.05, 0.1) is 57.0 Å². The van der Waals surface area contributed by atoms with Crippen molar-refractivity contribution in [3.05, 3.63) is 29.8 Å². The van der Waals surface area contributed by atoms with Gasteiger partial charge in [-0.1, -0.05) is 73.9 Å². The fourth-order valence-corrected chi connectivity index (χ4v) is 13.5. The lowest BCUT2D eigenvalue weighted by Crippen LogP contribution is -2.61. The van der Waals surface area contributed by atoms with Crippen LogP contribution in [0.15, 0.2) is 24.3 Å². The first-order chi connectivity index (χ1) is 60.6. The summed E-state index contributed by atoms with van der Waals surface area (Å²) in [5, 5.41) is 101. The number of carbonyl (C=O) groups is 21. The van der Waals surface area contributed by atoms with Gasteiger partial charge in [-0.15, -0.1) is 0 Å². The number of aliphatic carboxylic acids is 1. The van der Waals surface area contributed by atoms with E-state index >= 15 is 0 Å². The molecule has 0 aromatic heterocycles. The zero-order chi connectivity index (χ0) is 98.7. The lowest BCUT2D eigenvalue weighted by molar-refractivity contribution is -0.145. The zero-order valence-corrected chi connectivity index (χ0v) is 76.1. The lowest BCUT2D eigenvalue weighted by atomic mass is 9.96. The molecule has 48 heteroatoms. The number of nitrogens with two attached hydrogens (primary N) is 2. The summed E-state index contributed by atoms with van der Waals surface area (Å²) in [5.41, 5.74) is 11.4. The molecular formula is C82H133N21O27. The number of aliphatic hydroxyl groups excluding tert-OH is 4. The van der Waals surface area contributed by atoms with Crippen molar-refractivity contribution in [1.29, 1.82) is 0 Å². The average molecular weight is 1850 g/mol. The molecule has 0 bridgehead atoms. The number of hydrogen-bond donors (Lipinski definition) is 25. The zero-order valence-electron chi connectivity index (χ0n) is 76.1. The van der Waals surface area contributed by atoms with Gasteiger partial charge in [0.1, 0.15) is 96.4 Å². The fraction of sp³-hybridized carbons (Fsp3) is 0.671. The van der Waals surface area contributed by atoms with Crippen molar-refractivity contribution < 1.29 is 131 Å². The predicted molar refractivity (Wildman–Crippen MR) is 460 cm³/mol. The van der Waals surface area contributed by atoms with E-state index in [9.17, 15) is 131 Å². The Bertz CT molecular complexity index is 4170. The molecule has 2 aliphatic rings. The fourth-order valence-electron chi connectivity index (χ4n) is 13.5. The molecule has 0 radical (unpaired) electrons. The molecule has 21 atom stereocenters. The number of carbonyl (C=O) groups excluding carboxylic acids is 20. The summed E-state index contributed by atoms with van der Waals surface area (Å²) in [6, 6.07) is -19.6.